The van der Waals surface area contributed by atoms with Gasteiger partial charge in [-0.3, -0.25) is 28.7 Å². The number of aliphatic hydroxyl groups excluding tert-OH is 5. The topological polar surface area (TPSA) is 460 Å². The van der Waals surface area contributed by atoms with Gasteiger partial charge < -0.3 is 120 Å². The lowest BCUT2D eigenvalue weighted by Crippen LogP contribution is -2.55. The third-order valence-electron chi connectivity index (χ3n) is 20.6. The van der Waals surface area contributed by atoms with Gasteiger partial charge in [-0.2, -0.15) is 5.10 Å². The van der Waals surface area contributed by atoms with E-state index in [1.165, 1.54) is 52.7 Å². The fourth-order valence-corrected chi connectivity index (χ4v) is 15.5. The number of aliphatic carboxylic acids is 1. The van der Waals surface area contributed by atoms with Gasteiger partial charge in [0.05, 0.1) is 106 Å². The normalized spacial score (nSPS) is 23.6. The van der Waals surface area contributed by atoms with Gasteiger partial charge in [-0.05, 0) is 91.4 Å². The summed E-state index contributed by atoms with van der Waals surface area (Å²) in [6.07, 6.45) is -3.22. The highest BCUT2D eigenvalue weighted by Gasteiger charge is 2.52. The Kier molecular flexibility index (Phi) is 23.7. The number of anilines is 1. The molecule has 2 saturated heterocycles. The molecule has 7 aliphatic rings. The number of ether oxygens (including phenoxy) is 10. The Bertz CT molecular complexity index is 4480. The summed E-state index contributed by atoms with van der Waals surface area (Å²) in [4.78, 5) is 66.1. The molecule has 1 aromatic heterocycles. The molecule has 31 heteroatoms. The maximum absolute atomic E-state index is 13.8. The van der Waals surface area contributed by atoms with Crippen molar-refractivity contribution in [3.63, 3.8) is 0 Å². The molecule has 4 aliphatic carbocycles. The number of phenolic OH excluding ortho intramolecular Hbond substituents is 3. The first-order valence-corrected chi connectivity index (χ1v) is 35.2. The SMILES string of the molecule is COc1cc([C@@H]2c3cc4c(cc3[C@H](O)[C@@H](CO)[C@@H]2C(=O)O)OCO4)cc(OC)c1OC.COc1cccc2c1C(=O)c1c(O)c3c(c(O)c1C2=O)C[C@@](O)(C(=O)CO)CC3O[C@H]1C[C@H](N)[C@H](O[C@@H]2CCCCO2)[C@H](C)O1.O=C1c2c(O)cccc2-c2nn(CCNCCO)c3ccc(NCCNCCO)c1c23. The van der Waals surface area contributed by atoms with E-state index < -0.39 is 138 Å². The number of aromatic hydroxyl groups is 3. The lowest BCUT2D eigenvalue weighted by atomic mass is 9.65. The van der Waals surface area contributed by atoms with Crippen LogP contribution in [0.3, 0.4) is 0 Å². The van der Waals surface area contributed by atoms with E-state index in [-0.39, 0.29) is 71.5 Å². The average molecular weight is 1490 g/mol. The van der Waals surface area contributed by atoms with Gasteiger partial charge in [0.15, 0.2) is 52.9 Å². The number of ketones is 4. The van der Waals surface area contributed by atoms with Crippen molar-refractivity contribution in [2.24, 2.45) is 17.6 Å². The van der Waals surface area contributed by atoms with E-state index in [1.807, 2.05) is 22.9 Å². The van der Waals surface area contributed by atoms with Crippen molar-refractivity contribution in [2.75, 3.05) is 106 Å². The number of benzene rings is 6. The number of aromatic nitrogens is 2. The number of fused-ring (bicyclic) bond motifs is 7. The predicted octanol–water partition coefficient (Wildman–Crippen LogP) is 4.01. The highest BCUT2D eigenvalue weighted by molar-refractivity contribution is 6.32. The van der Waals surface area contributed by atoms with E-state index in [1.54, 1.807) is 37.3 Å². The van der Waals surface area contributed by atoms with Gasteiger partial charge >= 0.3 is 5.97 Å². The van der Waals surface area contributed by atoms with Crippen molar-refractivity contribution in [3.8, 4) is 63.0 Å². The van der Waals surface area contributed by atoms with Crippen LogP contribution in [-0.4, -0.2) is 227 Å². The smallest absolute Gasteiger partial charge is 0.307 e. The molecule has 572 valence electrons. The summed E-state index contributed by atoms with van der Waals surface area (Å²) in [5.41, 5.74) is 8.25. The molecule has 0 amide bonds. The maximum atomic E-state index is 13.8. The molecule has 2 fully saturated rings. The second-order valence-corrected chi connectivity index (χ2v) is 26.8. The standard InChI is InChI=1S/C32H37NO12.C22H27N5O4.C22H24O9/c1-14-31(45-21-8-3-4-9-42-21)17(33)10-22(43-14)44-19-12-32(40,20(35)13-34)11-16-24(19)30(39)26-25(28(16)37)27(36)15-6-5-7-18(41-2)23(15)29(26)38;28-12-9-23-6-7-25-15-4-5-16-20-19(15)22(31)18-14(2-1-3-17(18)30)21(20)26-27(16)11-8-24-10-13-29;1-27-16-4-10(5-17(28-2)21(16)29-3)18-11-6-14-15(31-9-30-14)7-12(11)20(24)13(8-23)19(18)22(25)26/h5-7,14,17,19,21-22,31,34,37,39-40H,3-4,8-13,33H2,1-2H3;1-5,23-25,28-30H,6-13H2;4-7,13,18-20,23-24H,8-9H2,1-3H3,(H,25,26)/t14-,17-,19?,21+,22-,31+,32-;;13-,18+,19-,20-/m0.0/s1. The zero-order valence-electron chi connectivity index (χ0n) is 59.5. The summed E-state index contributed by atoms with van der Waals surface area (Å²) < 4.78 is 58.5. The van der Waals surface area contributed by atoms with Gasteiger partial charge in [0, 0.05) is 116 Å². The van der Waals surface area contributed by atoms with Crippen molar-refractivity contribution in [1.29, 1.82) is 0 Å². The Hall–Kier alpha value is -9.58. The van der Waals surface area contributed by atoms with E-state index in [0.29, 0.717) is 114 Å². The van der Waals surface area contributed by atoms with Crippen LogP contribution in [0.1, 0.15) is 133 Å². The minimum absolute atomic E-state index is 0.0367. The number of carboxylic acid groups (broad SMARTS) is 1. The van der Waals surface area contributed by atoms with E-state index >= 15 is 0 Å². The molecule has 11 atom stereocenters. The second kappa shape index (κ2) is 32.9. The van der Waals surface area contributed by atoms with E-state index in [0.717, 1.165) is 30.2 Å². The number of Topliss-reactive ketones (excluding diaryl/α,β-unsaturated/α-hetero) is 1. The van der Waals surface area contributed by atoms with Crippen LogP contribution in [0.2, 0.25) is 0 Å². The van der Waals surface area contributed by atoms with Gasteiger partial charge in [-0.15, -0.1) is 0 Å². The molecular formula is C76H88N6O25. The third kappa shape index (κ3) is 14.6. The second-order valence-electron chi connectivity index (χ2n) is 26.8. The summed E-state index contributed by atoms with van der Waals surface area (Å²) in [5.74, 6) is -5.82. The summed E-state index contributed by atoms with van der Waals surface area (Å²) in [5, 5.41) is 119. The van der Waals surface area contributed by atoms with Crippen molar-refractivity contribution in [1.82, 2.24) is 20.4 Å². The average Bonchev–Trinajstić information content (AvgIpc) is 1.41. The molecule has 0 spiro atoms. The number of nitrogens with zero attached hydrogens (tertiary/aromatic N) is 2. The molecule has 15 N–H and O–H groups in total. The number of carbonyl (C=O) groups is 5. The Labute approximate surface area is 613 Å². The first kappa shape index (κ1) is 77.0. The Morgan fingerprint density at radius 1 is 0.729 bits per heavy atom. The number of rotatable bonds is 24. The zero-order valence-corrected chi connectivity index (χ0v) is 59.5. The highest BCUT2D eigenvalue weighted by Crippen LogP contribution is 2.56. The number of hydrogen-bond donors (Lipinski definition) is 14. The number of carboxylic acids is 1. The van der Waals surface area contributed by atoms with Crippen LogP contribution in [-0.2, 0) is 41.5 Å². The van der Waals surface area contributed by atoms with Crippen LogP contribution in [0.5, 0.6) is 51.7 Å². The Balaban J connectivity index is 0.000000154. The van der Waals surface area contributed by atoms with Crippen LogP contribution >= 0.6 is 0 Å². The molecule has 4 heterocycles. The number of phenols is 3. The number of nitrogens with two attached hydrogens (primary N) is 1. The van der Waals surface area contributed by atoms with Gasteiger partial charge in [-0.1, -0.05) is 24.3 Å². The lowest BCUT2D eigenvalue weighted by molar-refractivity contribution is -0.281. The van der Waals surface area contributed by atoms with E-state index in [4.69, 9.17) is 68.4 Å². The van der Waals surface area contributed by atoms with Crippen molar-refractivity contribution in [3.05, 3.63) is 134 Å². The van der Waals surface area contributed by atoms with Gasteiger partial charge in [0.25, 0.3) is 0 Å². The van der Waals surface area contributed by atoms with Gasteiger partial charge in [0.2, 0.25) is 18.3 Å². The van der Waals surface area contributed by atoms with Crippen LogP contribution < -0.4 is 50.1 Å². The molecule has 0 saturated carbocycles. The molecule has 14 rings (SSSR count). The van der Waals surface area contributed by atoms with Crippen molar-refractivity contribution >= 4 is 45.7 Å². The number of hydrogen-bond acceptors (Lipinski definition) is 29. The Morgan fingerprint density at radius 3 is 2.05 bits per heavy atom. The first-order valence-electron chi connectivity index (χ1n) is 35.2. The van der Waals surface area contributed by atoms with Crippen LogP contribution in [0, 0.1) is 11.8 Å². The summed E-state index contributed by atoms with van der Waals surface area (Å²) in [7, 11) is 5.77. The number of aliphatic hydroxyl groups is 6. The predicted molar refractivity (Wildman–Crippen MR) is 380 cm³/mol. The largest absolute Gasteiger partial charge is 0.507 e. The van der Waals surface area contributed by atoms with Crippen molar-refractivity contribution in [2.45, 2.75) is 107 Å². The maximum Gasteiger partial charge on any atom is 0.307 e. The summed E-state index contributed by atoms with van der Waals surface area (Å²) in [6, 6.07) is 19.4. The molecule has 3 aliphatic heterocycles. The van der Waals surface area contributed by atoms with Crippen LogP contribution in [0.25, 0.3) is 22.2 Å². The molecule has 7 aromatic rings. The number of methoxy groups -OCH3 is 4. The number of carbonyl (C=O) groups excluding carboxylic acids is 4. The molecular weight excluding hydrogens is 1400 g/mol. The monoisotopic (exact) mass is 1480 g/mol. The fraction of sp³-hybridized carbons (Fsp3) is 0.447. The highest BCUT2D eigenvalue weighted by atomic mass is 16.7. The van der Waals surface area contributed by atoms with E-state index in [9.17, 15) is 64.8 Å². The summed E-state index contributed by atoms with van der Waals surface area (Å²) >= 11 is 0. The molecule has 31 nitrogen and oxygen atoms in total. The fourth-order valence-electron chi connectivity index (χ4n) is 15.5. The minimum Gasteiger partial charge on any atom is -0.507 e. The van der Waals surface area contributed by atoms with Gasteiger partial charge in [0.1, 0.15) is 47.0 Å². The summed E-state index contributed by atoms with van der Waals surface area (Å²) in [6.45, 7) is 4.45. The molecule has 1 unspecified atom stereocenters. The third-order valence-corrected chi connectivity index (χ3v) is 20.6. The van der Waals surface area contributed by atoms with Crippen molar-refractivity contribution < 1.29 is 122 Å². The number of nitrogens with one attached hydrogen (secondary N) is 3. The molecule has 0 radical (unpaired) electrons. The minimum atomic E-state index is -2.24. The zero-order chi connectivity index (χ0) is 76.3. The van der Waals surface area contributed by atoms with Crippen LogP contribution in [0.4, 0.5) is 5.69 Å². The Morgan fingerprint density at radius 2 is 1.40 bits per heavy atom. The molecule has 6 aromatic carbocycles. The lowest BCUT2D eigenvalue weighted by Gasteiger charge is -2.43. The molecule has 0 bridgehead atoms. The van der Waals surface area contributed by atoms with E-state index in [2.05, 4.69) is 16.0 Å². The molecule has 107 heavy (non-hydrogen) atoms. The quantitative estimate of drug-likeness (QED) is 0.0300. The first-order chi connectivity index (χ1) is 51.6. The van der Waals surface area contributed by atoms with Gasteiger partial charge in [-0.25, -0.2) is 0 Å². The van der Waals surface area contributed by atoms with Crippen LogP contribution in [0.15, 0.2) is 72.8 Å².